The van der Waals surface area contributed by atoms with Crippen LogP contribution >= 0.6 is 12.2 Å². The van der Waals surface area contributed by atoms with Crippen molar-refractivity contribution in [3.63, 3.8) is 0 Å². The van der Waals surface area contributed by atoms with Gasteiger partial charge in [-0.05, 0) is 26.0 Å². The second kappa shape index (κ2) is 4.96. The number of benzene rings is 1. The van der Waals surface area contributed by atoms with Crippen molar-refractivity contribution in [3.8, 4) is 5.75 Å². The summed E-state index contributed by atoms with van der Waals surface area (Å²) in [6.07, 6.45) is 0.652. The van der Waals surface area contributed by atoms with Crippen LogP contribution in [-0.2, 0) is 0 Å². The molecule has 0 heterocycles. The van der Waals surface area contributed by atoms with Crippen molar-refractivity contribution >= 4 is 17.2 Å². The lowest BCUT2D eigenvalue weighted by atomic mass is 10.2. The Bertz CT molecular complexity index is 308. The summed E-state index contributed by atoms with van der Waals surface area (Å²) in [5.74, 6) is 0.861. The highest BCUT2D eigenvalue weighted by molar-refractivity contribution is 7.80. The second-order valence-electron chi connectivity index (χ2n) is 3.41. The Labute approximate surface area is 90.1 Å². The van der Waals surface area contributed by atoms with Crippen molar-refractivity contribution in [2.45, 2.75) is 26.4 Å². The van der Waals surface area contributed by atoms with Crippen LogP contribution in [0.1, 0.15) is 18.9 Å². The van der Waals surface area contributed by atoms with E-state index in [1.165, 1.54) is 5.56 Å². The Morgan fingerprint density at radius 2 is 2.00 bits per heavy atom. The highest BCUT2D eigenvalue weighted by Crippen LogP contribution is 2.14. The molecular formula is C11H15NOS. The Balaban J connectivity index is 2.51. The zero-order chi connectivity index (χ0) is 10.6. The van der Waals surface area contributed by atoms with Crippen LogP contribution in [0.3, 0.4) is 0 Å². The Kier molecular flexibility index (Phi) is 3.89. The number of ether oxygens (including phenoxy) is 1. The first-order valence-corrected chi connectivity index (χ1v) is 5.00. The molecule has 0 spiro atoms. The van der Waals surface area contributed by atoms with Gasteiger partial charge in [-0.2, -0.15) is 0 Å². The van der Waals surface area contributed by atoms with E-state index in [1.807, 2.05) is 38.1 Å². The van der Waals surface area contributed by atoms with Gasteiger partial charge in [0.1, 0.15) is 11.9 Å². The van der Waals surface area contributed by atoms with E-state index >= 15 is 0 Å². The van der Waals surface area contributed by atoms with Crippen LogP contribution in [0, 0.1) is 6.92 Å². The summed E-state index contributed by atoms with van der Waals surface area (Å²) in [5.41, 5.74) is 6.64. The molecule has 1 rings (SSSR count). The minimum Gasteiger partial charge on any atom is -0.490 e. The third kappa shape index (κ3) is 3.75. The summed E-state index contributed by atoms with van der Waals surface area (Å²) < 4.78 is 5.61. The van der Waals surface area contributed by atoms with E-state index in [-0.39, 0.29) is 6.10 Å². The zero-order valence-corrected chi connectivity index (χ0v) is 9.30. The molecule has 1 unspecified atom stereocenters. The van der Waals surface area contributed by atoms with Gasteiger partial charge in [0.2, 0.25) is 0 Å². The number of rotatable bonds is 4. The highest BCUT2D eigenvalue weighted by Gasteiger charge is 2.04. The molecule has 14 heavy (non-hydrogen) atoms. The van der Waals surface area contributed by atoms with Crippen molar-refractivity contribution in [2.24, 2.45) is 5.73 Å². The minimum absolute atomic E-state index is 0.0372. The van der Waals surface area contributed by atoms with Gasteiger partial charge in [-0.3, -0.25) is 0 Å². The molecule has 0 amide bonds. The SMILES string of the molecule is Cc1ccc(OC(C)CC(N)=S)cc1. The normalized spacial score (nSPS) is 12.1. The maximum Gasteiger partial charge on any atom is 0.119 e. The lowest BCUT2D eigenvalue weighted by Crippen LogP contribution is -2.20. The molecule has 76 valence electrons. The highest BCUT2D eigenvalue weighted by atomic mass is 32.1. The summed E-state index contributed by atoms with van der Waals surface area (Å²) >= 11 is 4.81. The number of hydrogen-bond donors (Lipinski definition) is 1. The van der Waals surface area contributed by atoms with Crippen molar-refractivity contribution in [1.29, 1.82) is 0 Å². The molecule has 1 atom stereocenters. The van der Waals surface area contributed by atoms with Gasteiger partial charge < -0.3 is 10.5 Å². The average Bonchev–Trinajstić information content (AvgIpc) is 2.07. The zero-order valence-electron chi connectivity index (χ0n) is 8.49. The van der Waals surface area contributed by atoms with Crippen LogP contribution in [0.25, 0.3) is 0 Å². The lowest BCUT2D eigenvalue weighted by Gasteiger charge is -2.13. The fraction of sp³-hybridized carbons (Fsp3) is 0.364. The van der Waals surface area contributed by atoms with Gasteiger partial charge >= 0.3 is 0 Å². The van der Waals surface area contributed by atoms with Gasteiger partial charge in [-0.1, -0.05) is 29.9 Å². The molecule has 1 aromatic carbocycles. The summed E-state index contributed by atoms with van der Waals surface area (Å²) in [6, 6.07) is 7.93. The smallest absolute Gasteiger partial charge is 0.119 e. The molecule has 0 aliphatic carbocycles. The molecule has 0 radical (unpaired) electrons. The number of nitrogens with two attached hydrogens (primary N) is 1. The predicted molar refractivity (Wildman–Crippen MR) is 62.7 cm³/mol. The molecule has 0 aliphatic rings. The van der Waals surface area contributed by atoms with Crippen molar-refractivity contribution in [3.05, 3.63) is 29.8 Å². The molecule has 0 bridgehead atoms. The molecule has 0 saturated carbocycles. The molecule has 2 N–H and O–H groups in total. The lowest BCUT2D eigenvalue weighted by molar-refractivity contribution is 0.230. The van der Waals surface area contributed by atoms with Crippen molar-refractivity contribution < 1.29 is 4.74 Å². The molecule has 0 saturated heterocycles. The minimum atomic E-state index is 0.0372. The number of thiocarbonyl (C=S) groups is 1. The van der Waals surface area contributed by atoms with E-state index in [4.69, 9.17) is 22.7 Å². The van der Waals surface area contributed by atoms with E-state index in [0.717, 1.165) is 5.75 Å². The Morgan fingerprint density at radius 1 is 1.43 bits per heavy atom. The van der Waals surface area contributed by atoms with Crippen molar-refractivity contribution in [1.82, 2.24) is 0 Å². The summed E-state index contributed by atoms with van der Waals surface area (Å²) in [7, 11) is 0. The van der Waals surface area contributed by atoms with Crippen molar-refractivity contribution in [2.75, 3.05) is 0 Å². The van der Waals surface area contributed by atoms with Gasteiger partial charge in [-0.15, -0.1) is 0 Å². The number of hydrogen-bond acceptors (Lipinski definition) is 2. The first-order valence-electron chi connectivity index (χ1n) is 4.59. The molecular weight excluding hydrogens is 194 g/mol. The van der Waals surface area contributed by atoms with Gasteiger partial charge in [0.05, 0.1) is 4.99 Å². The van der Waals surface area contributed by atoms with Gasteiger partial charge in [0.15, 0.2) is 0 Å². The predicted octanol–water partition coefficient (Wildman–Crippen LogP) is 2.44. The second-order valence-corrected chi connectivity index (χ2v) is 3.94. The van der Waals surface area contributed by atoms with Crippen LogP contribution in [0.15, 0.2) is 24.3 Å². The molecule has 0 aromatic heterocycles. The largest absolute Gasteiger partial charge is 0.490 e. The summed E-state index contributed by atoms with van der Waals surface area (Å²) in [4.78, 5) is 0.490. The third-order valence-electron chi connectivity index (χ3n) is 1.85. The standard InChI is InChI=1S/C11H15NOS/c1-8-3-5-10(6-4-8)13-9(2)7-11(12)14/h3-6,9H,7H2,1-2H3,(H2,12,14). The first-order chi connectivity index (χ1) is 6.58. The Hall–Kier alpha value is -1.09. The van der Waals surface area contributed by atoms with Gasteiger partial charge in [-0.25, -0.2) is 0 Å². The molecule has 0 fully saturated rings. The Morgan fingerprint density at radius 3 is 2.50 bits per heavy atom. The van der Waals surface area contributed by atoms with E-state index in [9.17, 15) is 0 Å². The van der Waals surface area contributed by atoms with E-state index in [0.29, 0.717) is 11.4 Å². The quantitative estimate of drug-likeness (QED) is 0.774. The van der Waals surface area contributed by atoms with Crippen LogP contribution in [0.5, 0.6) is 5.75 Å². The first kappa shape index (κ1) is 11.0. The van der Waals surface area contributed by atoms with Crippen LogP contribution in [0.4, 0.5) is 0 Å². The maximum atomic E-state index is 5.61. The van der Waals surface area contributed by atoms with Crippen LogP contribution < -0.4 is 10.5 Å². The van der Waals surface area contributed by atoms with E-state index in [2.05, 4.69) is 0 Å². The molecule has 1 aromatic rings. The van der Waals surface area contributed by atoms with E-state index < -0.39 is 0 Å². The maximum absolute atomic E-state index is 5.61. The van der Waals surface area contributed by atoms with Gasteiger partial charge in [0.25, 0.3) is 0 Å². The van der Waals surface area contributed by atoms with Gasteiger partial charge in [0, 0.05) is 6.42 Å². The van der Waals surface area contributed by atoms with Crippen LogP contribution in [0.2, 0.25) is 0 Å². The summed E-state index contributed by atoms with van der Waals surface area (Å²) in [5, 5.41) is 0. The fourth-order valence-electron chi connectivity index (χ4n) is 1.17. The van der Waals surface area contributed by atoms with Crippen LogP contribution in [-0.4, -0.2) is 11.1 Å². The monoisotopic (exact) mass is 209 g/mol. The molecule has 3 heteroatoms. The number of aryl methyl sites for hydroxylation is 1. The van der Waals surface area contributed by atoms with E-state index in [1.54, 1.807) is 0 Å². The fourth-order valence-corrected chi connectivity index (χ4v) is 1.41. The molecule has 2 nitrogen and oxygen atoms in total. The third-order valence-corrected chi connectivity index (χ3v) is 2.01. The topological polar surface area (TPSA) is 35.2 Å². The summed E-state index contributed by atoms with van der Waals surface area (Å²) in [6.45, 7) is 4.00. The average molecular weight is 209 g/mol. The molecule has 0 aliphatic heterocycles.